The van der Waals surface area contributed by atoms with Gasteiger partial charge in [0.2, 0.25) is 0 Å². The van der Waals surface area contributed by atoms with Gasteiger partial charge in [-0.2, -0.15) is 10.2 Å². The summed E-state index contributed by atoms with van der Waals surface area (Å²) in [7, 11) is 0. The molecule has 1 aliphatic heterocycles. The van der Waals surface area contributed by atoms with E-state index >= 15 is 0 Å². The predicted molar refractivity (Wildman–Crippen MR) is 113 cm³/mol. The van der Waals surface area contributed by atoms with Crippen LogP contribution in [-0.4, -0.2) is 43.5 Å². The topological polar surface area (TPSA) is 73.0 Å². The van der Waals surface area contributed by atoms with Crippen LogP contribution in [0.25, 0.3) is 10.6 Å². The molecular formula is C21H25N5O2S. The second-order valence-corrected chi connectivity index (χ2v) is 8.47. The molecule has 7 nitrogen and oxygen atoms in total. The van der Waals surface area contributed by atoms with Crippen LogP contribution in [0.5, 0.6) is 0 Å². The lowest BCUT2D eigenvalue weighted by atomic mass is 9.93. The number of thiophene rings is 1. The molecule has 0 saturated carbocycles. The molecule has 0 aliphatic carbocycles. The summed E-state index contributed by atoms with van der Waals surface area (Å²) in [4.78, 5) is 28.4. The Kier molecular flexibility index (Phi) is 5.36. The van der Waals surface area contributed by atoms with E-state index in [1.807, 2.05) is 40.9 Å². The predicted octanol–water partition coefficient (Wildman–Crippen LogP) is 3.22. The average Bonchev–Trinajstić information content (AvgIpc) is 3.38. The van der Waals surface area contributed by atoms with Crippen LogP contribution in [0.2, 0.25) is 0 Å². The second-order valence-electron chi connectivity index (χ2n) is 7.52. The standard InChI is InChI=1S/C21H25N5O2S/c1-4-25-15(3)16(12-22-25)21(28)24-10-9-18(14(2)13-24)26-20(27)8-7-17(23-26)19-6-5-11-29-19/h5-8,11-12,14,18H,4,9-10,13H2,1-3H3/t14-,18+/m1/s1. The van der Waals surface area contributed by atoms with Crippen LogP contribution in [0.15, 0.2) is 40.6 Å². The normalized spacial score (nSPS) is 19.5. The Balaban J connectivity index is 1.54. The minimum absolute atomic E-state index is 0.0140. The zero-order valence-corrected chi connectivity index (χ0v) is 17.7. The first-order valence-electron chi connectivity index (χ1n) is 9.95. The number of aryl methyl sites for hydroxylation is 1. The third kappa shape index (κ3) is 3.64. The van der Waals surface area contributed by atoms with Gasteiger partial charge in [-0.1, -0.05) is 13.0 Å². The van der Waals surface area contributed by atoms with Crippen molar-refractivity contribution < 1.29 is 4.79 Å². The third-order valence-electron chi connectivity index (χ3n) is 5.69. The van der Waals surface area contributed by atoms with Gasteiger partial charge in [0.25, 0.3) is 11.5 Å². The fourth-order valence-corrected chi connectivity index (χ4v) is 4.74. The Morgan fingerprint density at radius 3 is 2.79 bits per heavy atom. The quantitative estimate of drug-likeness (QED) is 0.661. The number of nitrogens with zero attached hydrogens (tertiary/aromatic N) is 5. The van der Waals surface area contributed by atoms with Crippen LogP contribution in [0, 0.1) is 12.8 Å². The van der Waals surface area contributed by atoms with Gasteiger partial charge in [-0.15, -0.1) is 11.3 Å². The Labute approximate surface area is 173 Å². The lowest BCUT2D eigenvalue weighted by molar-refractivity contribution is 0.0607. The van der Waals surface area contributed by atoms with Crippen LogP contribution >= 0.6 is 11.3 Å². The van der Waals surface area contributed by atoms with Gasteiger partial charge in [-0.25, -0.2) is 4.68 Å². The molecule has 0 aromatic carbocycles. The molecule has 0 unspecified atom stereocenters. The number of amides is 1. The van der Waals surface area contributed by atoms with Crippen LogP contribution < -0.4 is 5.56 Å². The van der Waals surface area contributed by atoms with Crippen molar-refractivity contribution >= 4 is 17.2 Å². The maximum atomic E-state index is 13.0. The van der Waals surface area contributed by atoms with Gasteiger partial charge in [0.05, 0.1) is 22.7 Å². The maximum absolute atomic E-state index is 13.0. The number of carbonyl (C=O) groups excluding carboxylic acids is 1. The van der Waals surface area contributed by atoms with Gasteiger partial charge in [-0.3, -0.25) is 14.3 Å². The van der Waals surface area contributed by atoms with Crippen LogP contribution in [0.4, 0.5) is 0 Å². The molecule has 3 aromatic heterocycles. The van der Waals surface area contributed by atoms with E-state index in [0.29, 0.717) is 25.1 Å². The third-order valence-corrected chi connectivity index (χ3v) is 6.59. The van der Waals surface area contributed by atoms with Crippen molar-refractivity contribution in [2.45, 2.75) is 39.8 Å². The minimum Gasteiger partial charge on any atom is -0.338 e. The molecule has 8 heteroatoms. The molecule has 3 aromatic rings. The molecule has 0 radical (unpaired) electrons. The molecular weight excluding hydrogens is 386 g/mol. The number of carbonyl (C=O) groups is 1. The summed E-state index contributed by atoms with van der Waals surface area (Å²) < 4.78 is 3.45. The smallest absolute Gasteiger partial charge is 0.267 e. The fourth-order valence-electron chi connectivity index (χ4n) is 4.05. The van der Waals surface area contributed by atoms with Gasteiger partial charge in [0, 0.05) is 31.4 Å². The summed E-state index contributed by atoms with van der Waals surface area (Å²) in [5.41, 5.74) is 2.27. The molecule has 1 saturated heterocycles. The van der Waals surface area contributed by atoms with Crippen molar-refractivity contribution in [1.82, 2.24) is 24.5 Å². The van der Waals surface area contributed by atoms with Crippen molar-refractivity contribution in [2.24, 2.45) is 5.92 Å². The first-order chi connectivity index (χ1) is 14.0. The number of hydrogen-bond donors (Lipinski definition) is 0. The van der Waals surface area contributed by atoms with Gasteiger partial charge >= 0.3 is 0 Å². The zero-order valence-electron chi connectivity index (χ0n) is 16.9. The molecule has 1 fully saturated rings. The van der Waals surface area contributed by atoms with E-state index in [0.717, 1.165) is 22.8 Å². The van der Waals surface area contributed by atoms with E-state index < -0.39 is 0 Å². The molecule has 2 atom stereocenters. The fraction of sp³-hybridized carbons (Fsp3) is 0.429. The van der Waals surface area contributed by atoms with Gasteiger partial charge in [-0.05, 0) is 43.7 Å². The number of piperidine rings is 1. The van der Waals surface area contributed by atoms with Gasteiger partial charge in [0.15, 0.2) is 0 Å². The first kappa shape index (κ1) is 19.6. The minimum atomic E-state index is -0.0954. The second kappa shape index (κ2) is 7.94. The highest BCUT2D eigenvalue weighted by Crippen LogP contribution is 2.29. The van der Waals surface area contributed by atoms with Crippen molar-refractivity contribution in [1.29, 1.82) is 0 Å². The molecule has 0 bridgehead atoms. The summed E-state index contributed by atoms with van der Waals surface area (Å²) in [6.07, 6.45) is 2.36. The molecule has 29 heavy (non-hydrogen) atoms. The van der Waals surface area contributed by atoms with E-state index in [2.05, 4.69) is 17.1 Å². The van der Waals surface area contributed by atoms with Crippen LogP contribution in [0.3, 0.4) is 0 Å². The van der Waals surface area contributed by atoms with Crippen molar-refractivity contribution in [3.8, 4) is 10.6 Å². The highest BCUT2D eigenvalue weighted by molar-refractivity contribution is 7.13. The molecule has 0 spiro atoms. The summed E-state index contributed by atoms with van der Waals surface area (Å²) >= 11 is 1.61. The van der Waals surface area contributed by atoms with Crippen LogP contribution in [-0.2, 0) is 6.54 Å². The van der Waals surface area contributed by atoms with Crippen molar-refractivity contribution in [3.05, 3.63) is 57.5 Å². The van der Waals surface area contributed by atoms with Crippen LogP contribution in [0.1, 0.15) is 42.4 Å². The lowest BCUT2D eigenvalue weighted by Gasteiger charge is -2.37. The van der Waals surface area contributed by atoms with E-state index in [4.69, 9.17) is 0 Å². The molecule has 0 N–H and O–H groups in total. The number of likely N-dealkylation sites (tertiary alicyclic amines) is 1. The summed E-state index contributed by atoms with van der Waals surface area (Å²) in [6.45, 7) is 7.96. The highest BCUT2D eigenvalue weighted by atomic mass is 32.1. The summed E-state index contributed by atoms with van der Waals surface area (Å²) in [5, 5.41) is 10.9. The Bertz CT molecular complexity index is 1070. The molecule has 4 rings (SSSR count). The van der Waals surface area contributed by atoms with Crippen molar-refractivity contribution in [2.75, 3.05) is 13.1 Å². The van der Waals surface area contributed by atoms with E-state index in [-0.39, 0.29) is 23.4 Å². The number of hydrogen-bond acceptors (Lipinski definition) is 5. The monoisotopic (exact) mass is 411 g/mol. The first-order valence-corrected chi connectivity index (χ1v) is 10.8. The summed E-state index contributed by atoms with van der Waals surface area (Å²) in [6, 6.07) is 7.33. The molecule has 1 amide bonds. The Morgan fingerprint density at radius 2 is 2.14 bits per heavy atom. The SMILES string of the molecule is CCn1ncc(C(=O)N2CC[C@H](n3nc(-c4cccs4)ccc3=O)[C@H](C)C2)c1C. The largest absolute Gasteiger partial charge is 0.338 e. The Morgan fingerprint density at radius 1 is 1.31 bits per heavy atom. The Hall–Kier alpha value is -2.74. The van der Waals surface area contributed by atoms with E-state index in [9.17, 15) is 9.59 Å². The number of rotatable bonds is 4. The van der Waals surface area contributed by atoms with E-state index in [1.54, 1.807) is 34.3 Å². The van der Waals surface area contributed by atoms with E-state index in [1.165, 1.54) is 0 Å². The van der Waals surface area contributed by atoms with Gasteiger partial charge < -0.3 is 4.90 Å². The molecule has 1 aliphatic rings. The maximum Gasteiger partial charge on any atom is 0.267 e. The summed E-state index contributed by atoms with van der Waals surface area (Å²) in [5.74, 6) is 0.137. The van der Waals surface area contributed by atoms with Gasteiger partial charge in [0.1, 0.15) is 5.69 Å². The molecule has 152 valence electrons. The van der Waals surface area contributed by atoms with Crippen molar-refractivity contribution in [3.63, 3.8) is 0 Å². The number of aromatic nitrogens is 4. The zero-order chi connectivity index (χ0) is 20.5. The molecule has 4 heterocycles. The average molecular weight is 412 g/mol. The lowest BCUT2D eigenvalue weighted by Crippen LogP contribution is -2.45. The highest BCUT2D eigenvalue weighted by Gasteiger charge is 2.32.